The Balaban J connectivity index is 1.58. The van der Waals surface area contributed by atoms with Crippen LogP contribution in [0.4, 0.5) is 0 Å². The van der Waals surface area contributed by atoms with Crippen molar-refractivity contribution in [3.8, 4) is 0 Å². The summed E-state index contributed by atoms with van der Waals surface area (Å²) in [6, 6.07) is 11.2. The SMILES string of the molecule is CC1(C)[C@H](NCC2(CS(C)(=O)=O)CC2)C[C@H]1c1ccccc1. The molecule has 0 aliphatic heterocycles. The van der Waals surface area contributed by atoms with Crippen LogP contribution in [0, 0.1) is 10.8 Å². The van der Waals surface area contributed by atoms with Crippen molar-refractivity contribution in [3.05, 3.63) is 35.9 Å². The summed E-state index contributed by atoms with van der Waals surface area (Å²) in [5, 5.41) is 3.67. The highest BCUT2D eigenvalue weighted by Crippen LogP contribution is 2.53. The molecule has 0 spiro atoms. The van der Waals surface area contributed by atoms with Crippen molar-refractivity contribution in [2.24, 2.45) is 10.8 Å². The molecule has 2 aliphatic rings. The third-order valence-electron chi connectivity index (χ3n) is 5.72. The number of nitrogens with one attached hydrogen (secondary N) is 1. The molecule has 2 saturated carbocycles. The molecule has 0 saturated heterocycles. The van der Waals surface area contributed by atoms with E-state index in [-0.39, 0.29) is 10.8 Å². The Kier molecular flexibility index (Phi) is 3.89. The molecule has 2 aliphatic carbocycles. The number of hydrogen-bond acceptors (Lipinski definition) is 3. The summed E-state index contributed by atoms with van der Waals surface area (Å²) in [5.74, 6) is 0.929. The van der Waals surface area contributed by atoms with Crippen LogP contribution in [0.2, 0.25) is 0 Å². The molecule has 3 rings (SSSR count). The fourth-order valence-electron chi connectivity index (χ4n) is 3.97. The van der Waals surface area contributed by atoms with Crippen LogP contribution in [0.5, 0.6) is 0 Å². The predicted octanol–water partition coefficient (Wildman–Crippen LogP) is 2.98. The summed E-state index contributed by atoms with van der Waals surface area (Å²) >= 11 is 0. The lowest BCUT2D eigenvalue weighted by Gasteiger charge is -2.53. The molecule has 1 aromatic carbocycles. The molecule has 0 amide bonds. The standard InChI is InChI=1S/C18H27NO2S/c1-17(2)15(14-7-5-4-6-8-14)11-16(17)19-12-18(9-10-18)13-22(3,20)21/h4-8,15-16,19H,9-13H2,1-3H3/t15-,16+/m0/s1. The van der Waals surface area contributed by atoms with E-state index in [0.29, 0.717) is 17.7 Å². The predicted molar refractivity (Wildman–Crippen MR) is 90.7 cm³/mol. The van der Waals surface area contributed by atoms with E-state index < -0.39 is 9.84 Å². The third kappa shape index (κ3) is 3.23. The van der Waals surface area contributed by atoms with Gasteiger partial charge in [-0.2, -0.15) is 0 Å². The molecule has 2 atom stereocenters. The quantitative estimate of drug-likeness (QED) is 0.876. The van der Waals surface area contributed by atoms with Gasteiger partial charge in [0, 0.05) is 18.8 Å². The van der Waals surface area contributed by atoms with Crippen LogP contribution in [0.25, 0.3) is 0 Å². The minimum Gasteiger partial charge on any atom is -0.313 e. The second-order valence-corrected chi connectivity index (χ2v) is 10.2. The first-order chi connectivity index (χ1) is 10.2. The average molecular weight is 321 g/mol. The molecular weight excluding hydrogens is 294 g/mol. The van der Waals surface area contributed by atoms with Gasteiger partial charge >= 0.3 is 0 Å². The van der Waals surface area contributed by atoms with Crippen LogP contribution < -0.4 is 5.32 Å². The second kappa shape index (κ2) is 5.34. The van der Waals surface area contributed by atoms with E-state index in [9.17, 15) is 8.42 Å². The molecule has 0 radical (unpaired) electrons. The van der Waals surface area contributed by atoms with Gasteiger partial charge in [-0.25, -0.2) is 8.42 Å². The van der Waals surface area contributed by atoms with Crippen LogP contribution >= 0.6 is 0 Å². The van der Waals surface area contributed by atoms with Crippen molar-refractivity contribution in [1.82, 2.24) is 5.32 Å². The number of sulfone groups is 1. The van der Waals surface area contributed by atoms with Crippen LogP contribution in [0.3, 0.4) is 0 Å². The van der Waals surface area contributed by atoms with Crippen LogP contribution in [0.15, 0.2) is 30.3 Å². The Hall–Kier alpha value is -0.870. The molecule has 22 heavy (non-hydrogen) atoms. The Morgan fingerprint density at radius 2 is 1.82 bits per heavy atom. The van der Waals surface area contributed by atoms with E-state index in [1.165, 1.54) is 11.8 Å². The zero-order chi connectivity index (χ0) is 16.0. The van der Waals surface area contributed by atoms with E-state index in [2.05, 4.69) is 49.5 Å². The Bertz CT molecular complexity index is 632. The Morgan fingerprint density at radius 1 is 1.18 bits per heavy atom. The largest absolute Gasteiger partial charge is 0.313 e. The van der Waals surface area contributed by atoms with Gasteiger partial charge < -0.3 is 5.32 Å². The maximum Gasteiger partial charge on any atom is 0.148 e. The average Bonchev–Trinajstić information content (AvgIpc) is 3.16. The lowest BCUT2D eigenvalue weighted by Crippen LogP contribution is -2.56. The summed E-state index contributed by atoms with van der Waals surface area (Å²) in [6.07, 6.45) is 4.59. The number of benzene rings is 1. The molecular formula is C18H27NO2S. The molecule has 0 unspecified atom stereocenters. The summed E-state index contributed by atoms with van der Waals surface area (Å²) in [5.41, 5.74) is 1.66. The lowest BCUT2D eigenvalue weighted by atomic mass is 9.56. The summed E-state index contributed by atoms with van der Waals surface area (Å²) < 4.78 is 23.1. The number of rotatable bonds is 6. The highest BCUT2D eigenvalue weighted by atomic mass is 32.2. The van der Waals surface area contributed by atoms with Crippen molar-refractivity contribution in [3.63, 3.8) is 0 Å². The second-order valence-electron chi connectivity index (χ2n) is 8.02. The smallest absolute Gasteiger partial charge is 0.148 e. The zero-order valence-electron chi connectivity index (χ0n) is 13.8. The first-order valence-electron chi connectivity index (χ1n) is 8.18. The van der Waals surface area contributed by atoms with Crippen LogP contribution in [-0.4, -0.2) is 33.0 Å². The molecule has 1 N–H and O–H groups in total. The molecule has 3 nitrogen and oxygen atoms in total. The molecule has 0 aromatic heterocycles. The van der Waals surface area contributed by atoms with Crippen molar-refractivity contribution in [1.29, 1.82) is 0 Å². The van der Waals surface area contributed by atoms with Crippen molar-refractivity contribution in [2.75, 3.05) is 18.6 Å². The van der Waals surface area contributed by atoms with Crippen molar-refractivity contribution in [2.45, 2.75) is 45.1 Å². The van der Waals surface area contributed by atoms with Crippen molar-refractivity contribution < 1.29 is 8.42 Å². The maximum atomic E-state index is 11.6. The summed E-state index contributed by atoms with van der Waals surface area (Å²) in [4.78, 5) is 0. The van der Waals surface area contributed by atoms with E-state index in [4.69, 9.17) is 0 Å². The van der Waals surface area contributed by atoms with Crippen LogP contribution in [-0.2, 0) is 9.84 Å². The molecule has 122 valence electrons. The molecule has 0 bridgehead atoms. The fourth-order valence-corrected chi connectivity index (χ4v) is 5.47. The first-order valence-corrected chi connectivity index (χ1v) is 10.2. The van der Waals surface area contributed by atoms with Crippen LogP contribution in [0.1, 0.15) is 44.6 Å². The normalized spacial score (nSPS) is 28.9. The van der Waals surface area contributed by atoms with Gasteiger partial charge in [-0.15, -0.1) is 0 Å². The van der Waals surface area contributed by atoms with Crippen molar-refractivity contribution >= 4 is 9.84 Å². The fraction of sp³-hybridized carbons (Fsp3) is 0.667. The molecule has 4 heteroatoms. The van der Waals surface area contributed by atoms with E-state index in [1.54, 1.807) is 0 Å². The summed E-state index contributed by atoms with van der Waals surface area (Å²) in [6.45, 7) is 5.49. The van der Waals surface area contributed by atoms with E-state index in [1.807, 2.05) is 0 Å². The molecule has 0 heterocycles. The van der Waals surface area contributed by atoms with E-state index >= 15 is 0 Å². The molecule has 2 fully saturated rings. The summed E-state index contributed by atoms with van der Waals surface area (Å²) in [7, 11) is -2.88. The van der Waals surface area contributed by atoms with Gasteiger partial charge in [0.1, 0.15) is 9.84 Å². The zero-order valence-corrected chi connectivity index (χ0v) is 14.6. The van der Waals surface area contributed by atoms with Gasteiger partial charge in [0.2, 0.25) is 0 Å². The first kappa shape index (κ1) is 16.0. The molecule has 1 aromatic rings. The van der Waals surface area contributed by atoms with Gasteiger partial charge in [0.05, 0.1) is 5.75 Å². The third-order valence-corrected chi connectivity index (χ3v) is 6.86. The number of hydrogen-bond donors (Lipinski definition) is 1. The van der Waals surface area contributed by atoms with Gasteiger partial charge in [-0.3, -0.25) is 0 Å². The van der Waals surface area contributed by atoms with E-state index in [0.717, 1.165) is 25.8 Å². The monoisotopic (exact) mass is 321 g/mol. The topological polar surface area (TPSA) is 46.2 Å². The van der Waals surface area contributed by atoms with Gasteiger partial charge in [0.25, 0.3) is 0 Å². The lowest BCUT2D eigenvalue weighted by molar-refractivity contribution is 0.0657. The Morgan fingerprint density at radius 3 is 2.32 bits per heavy atom. The maximum absolute atomic E-state index is 11.6. The van der Waals surface area contributed by atoms with Gasteiger partial charge in [-0.05, 0) is 41.6 Å². The highest BCUT2D eigenvalue weighted by molar-refractivity contribution is 7.90. The minimum absolute atomic E-state index is 0.0154. The van der Waals surface area contributed by atoms with Gasteiger partial charge in [-0.1, -0.05) is 44.2 Å². The van der Waals surface area contributed by atoms with Gasteiger partial charge in [0.15, 0.2) is 0 Å². The minimum atomic E-state index is -2.88. The highest BCUT2D eigenvalue weighted by Gasteiger charge is 2.51. The Labute approximate surface area is 134 Å².